The Hall–Kier alpha value is -1.06. The van der Waals surface area contributed by atoms with E-state index in [4.69, 9.17) is 4.74 Å². The molecule has 0 aliphatic heterocycles. The summed E-state index contributed by atoms with van der Waals surface area (Å²) in [6.07, 6.45) is 3.51. The Morgan fingerprint density at radius 3 is 2.26 bits per heavy atom. The lowest BCUT2D eigenvalue weighted by Crippen LogP contribution is -2.45. The third-order valence-corrected chi connectivity index (χ3v) is 3.14. The van der Waals surface area contributed by atoms with Gasteiger partial charge in [0.25, 0.3) is 0 Å². The molecule has 0 aromatic heterocycles. The molecule has 0 aromatic carbocycles. The molecule has 19 heavy (non-hydrogen) atoms. The second kappa shape index (κ2) is 7.51. The maximum absolute atomic E-state index is 11.7. The van der Waals surface area contributed by atoms with Gasteiger partial charge in [0.15, 0.2) is 0 Å². The largest absolute Gasteiger partial charge is 0.449 e. The van der Waals surface area contributed by atoms with E-state index in [1.165, 1.54) is 0 Å². The summed E-state index contributed by atoms with van der Waals surface area (Å²) in [5.41, 5.74) is -0.329. The van der Waals surface area contributed by atoms with Gasteiger partial charge in [0.05, 0.1) is 12.6 Å². The van der Waals surface area contributed by atoms with E-state index in [1.807, 2.05) is 20.8 Å². The number of amides is 1. The lowest BCUT2D eigenvalue weighted by Gasteiger charge is -2.28. The van der Waals surface area contributed by atoms with Crippen LogP contribution in [0.2, 0.25) is 0 Å². The third-order valence-electron chi connectivity index (χ3n) is 3.14. The van der Waals surface area contributed by atoms with Gasteiger partial charge >= 0.3 is 6.09 Å². The standard InChI is InChI=1S/C15H29NO3/c1-7-8-9-15(5,6)11-19-13(18)16-12(10-17)14(2,3)4/h10,12H,7-9,11H2,1-6H3,(H,16,18). The first-order chi connectivity index (χ1) is 8.62. The first-order valence-electron chi connectivity index (χ1n) is 7.01. The van der Waals surface area contributed by atoms with Gasteiger partial charge in [-0.15, -0.1) is 0 Å². The van der Waals surface area contributed by atoms with Crippen molar-refractivity contribution in [2.24, 2.45) is 10.8 Å². The van der Waals surface area contributed by atoms with E-state index >= 15 is 0 Å². The van der Waals surface area contributed by atoms with Crippen LogP contribution in [0, 0.1) is 10.8 Å². The van der Waals surface area contributed by atoms with Gasteiger partial charge in [-0.25, -0.2) is 4.79 Å². The van der Waals surface area contributed by atoms with E-state index in [-0.39, 0.29) is 10.8 Å². The Balaban J connectivity index is 4.21. The number of nitrogens with one attached hydrogen (secondary N) is 1. The molecule has 0 bridgehead atoms. The summed E-state index contributed by atoms with van der Waals surface area (Å²) < 4.78 is 5.22. The SMILES string of the molecule is CCCCC(C)(C)COC(=O)NC(C=O)C(C)(C)C. The quantitative estimate of drug-likeness (QED) is 0.720. The molecule has 0 spiro atoms. The molecule has 112 valence electrons. The summed E-state index contributed by atoms with van der Waals surface area (Å²) in [6.45, 7) is 12.4. The number of hydrogen-bond acceptors (Lipinski definition) is 3. The Labute approximate surface area is 117 Å². The topological polar surface area (TPSA) is 55.4 Å². The normalized spacial score (nSPS) is 13.8. The maximum atomic E-state index is 11.7. The van der Waals surface area contributed by atoms with Gasteiger partial charge in [-0.2, -0.15) is 0 Å². The zero-order valence-corrected chi connectivity index (χ0v) is 13.2. The summed E-state index contributed by atoms with van der Waals surface area (Å²) in [5, 5.41) is 2.61. The van der Waals surface area contributed by atoms with Crippen molar-refractivity contribution < 1.29 is 14.3 Å². The number of unbranched alkanes of at least 4 members (excludes halogenated alkanes) is 1. The van der Waals surface area contributed by atoms with Crippen LogP contribution in [0.25, 0.3) is 0 Å². The zero-order valence-electron chi connectivity index (χ0n) is 13.2. The summed E-state index contributed by atoms with van der Waals surface area (Å²) in [5.74, 6) is 0. The molecule has 0 fully saturated rings. The lowest BCUT2D eigenvalue weighted by atomic mass is 9.88. The van der Waals surface area contributed by atoms with Gasteiger partial charge in [-0.1, -0.05) is 54.4 Å². The molecular weight excluding hydrogens is 242 g/mol. The number of aldehydes is 1. The fourth-order valence-electron chi connectivity index (χ4n) is 1.61. The molecule has 4 nitrogen and oxygen atoms in total. The van der Waals surface area contributed by atoms with Crippen LogP contribution in [0.15, 0.2) is 0 Å². The molecule has 0 radical (unpaired) electrons. The number of carbonyl (C=O) groups is 2. The number of alkyl carbamates (subject to hydrolysis) is 1. The Morgan fingerprint density at radius 1 is 1.26 bits per heavy atom. The predicted octanol–water partition coefficient (Wildman–Crippen LogP) is 3.54. The molecule has 0 saturated heterocycles. The molecule has 0 aromatic rings. The van der Waals surface area contributed by atoms with E-state index < -0.39 is 12.1 Å². The van der Waals surface area contributed by atoms with Gasteiger partial charge in [0.1, 0.15) is 6.29 Å². The van der Waals surface area contributed by atoms with E-state index in [1.54, 1.807) is 0 Å². The van der Waals surface area contributed by atoms with Gasteiger partial charge in [-0.3, -0.25) is 0 Å². The van der Waals surface area contributed by atoms with E-state index in [0.717, 1.165) is 25.5 Å². The number of rotatable bonds is 7. The molecular formula is C15H29NO3. The van der Waals surface area contributed by atoms with Crippen molar-refractivity contribution in [2.75, 3.05) is 6.61 Å². The van der Waals surface area contributed by atoms with Crippen LogP contribution < -0.4 is 5.32 Å². The van der Waals surface area contributed by atoms with Gasteiger partial charge in [0, 0.05) is 0 Å². The Bertz CT molecular complexity index is 292. The highest BCUT2D eigenvalue weighted by atomic mass is 16.5. The molecule has 1 unspecified atom stereocenters. The minimum atomic E-state index is -0.529. The number of hydrogen-bond donors (Lipinski definition) is 1. The Morgan fingerprint density at radius 2 is 1.84 bits per heavy atom. The molecule has 1 amide bonds. The average Bonchev–Trinajstić information content (AvgIpc) is 2.29. The summed E-state index contributed by atoms with van der Waals surface area (Å²) in [6, 6.07) is -0.529. The van der Waals surface area contributed by atoms with E-state index in [0.29, 0.717) is 6.61 Å². The smallest absolute Gasteiger partial charge is 0.407 e. The zero-order chi connectivity index (χ0) is 15.1. The molecule has 1 atom stereocenters. The molecule has 0 saturated carbocycles. The molecule has 4 heteroatoms. The summed E-state index contributed by atoms with van der Waals surface area (Å²) in [4.78, 5) is 22.6. The highest BCUT2D eigenvalue weighted by Gasteiger charge is 2.27. The maximum Gasteiger partial charge on any atom is 0.407 e. The first kappa shape index (κ1) is 17.9. The van der Waals surface area contributed by atoms with E-state index in [9.17, 15) is 9.59 Å². The van der Waals surface area contributed by atoms with Crippen LogP contribution in [-0.2, 0) is 9.53 Å². The van der Waals surface area contributed by atoms with Gasteiger partial charge in [0.2, 0.25) is 0 Å². The monoisotopic (exact) mass is 271 g/mol. The number of ether oxygens (including phenoxy) is 1. The summed E-state index contributed by atoms with van der Waals surface area (Å²) in [7, 11) is 0. The molecule has 0 rings (SSSR count). The molecule has 0 aliphatic carbocycles. The van der Waals surface area contributed by atoms with Crippen LogP contribution in [0.1, 0.15) is 60.8 Å². The predicted molar refractivity (Wildman–Crippen MR) is 77.1 cm³/mol. The fourth-order valence-corrected chi connectivity index (χ4v) is 1.61. The van der Waals surface area contributed by atoms with Crippen molar-refractivity contribution >= 4 is 12.4 Å². The Kier molecular flexibility index (Phi) is 7.09. The van der Waals surface area contributed by atoms with Crippen molar-refractivity contribution in [1.29, 1.82) is 0 Å². The second-order valence-electron chi connectivity index (χ2n) is 6.97. The lowest BCUT2D eigenvalue weighted by molar-refractivity contribution is -0.111. The van der Waals surface area contributed by atoms with Crippen LogP contribution in [0.4, 0.5) is 4.79 Å². The van der Waals surface area contributed by atoms with Crippen molar-refractivity contribution in [3.8, 4) is 0 Å². The van der Waals surface area contributed by atoms with Gasteiger partial charge in [-0.05, 0) is 17.3 Å². The van der Waals surface area contributed by atoms with Crippen LogP contribution in [0.5, 0.6) is 0 Å². The van der Waals surface area contributed by atoms with Crippen molar-refractivity contribution in [1.82, 2.24) is 5.32 Å². The second-order valence-corrected chi connectivity index (χ2v) is 6.97. The van der Waals surface area contributed by atoms with Crippen LogP contribution >= 0.6 is 0 Å². The average molecular weight is 271 g/mol. The van der Waals surface area contributed by atoms with Crippen molar-refractivity contribution in [3.63, 3.8) is 0 Å². The minimum Gasteiger partial charge on any atom is -0.449 e. The van der Waals surface area contributed by atoms with Crippen LogP contribution in [0.3, 0.4) is 0 Å². The molecule has 0 heterocycles. The fraction of sp³-hybridized carbons (Fsp3) is 0.867. The number of carbonyl (C=O) groups excluding carboxylic acids is 2. The molecule has 0 aliphatic rings. The first-order valence-corrected chi connectivity index (χ1v) is 7.01. The highest BCUT2D eigenvalue weighted by molar-refractivity contribution is 5.73. The van der Waals surface area contributed by atoms with E-state index in [2.05, 4.69) is 26.1 Å². The summed E-state index contributed by atoms with van der Waals surface area (Å²) >= 11 is 0. The van der Waals surface area contributed by atoms with Crippen molar-refractivity contribution in [2.45, 2.75) is 66.8 Å². The van der Waals surface area contributed by atoms with Gasteiger partial charge < -0.3 is 14.8 Å². The molecule has 1 N–H and O–H groups in total. The minimum absolute atomic E-state index is 0.0221. The third kappa shape index (κ3) is 7.85. The van der Waals surface area contributed by atoms with Crippen LogP contribution in [-0.4, -0.2) is 25.0 Å². The highest BCUT2D eigenvalue weighted by Crippen LogP contribution is 2.23. The van der Waals surface area contributed by atoms with Crippen molar-refractivity contribution in [3.05, 3.63) is 0 Å².